The summed E-state index contributed by atoms with van der Waals surface area (Å²) in [7, 11) is 0. The van der Waals surface area contributed by atoms with Gasteiger partial charge in [0.1, 0.15) is 12.6 Å². The van der Waals surface area contributed by atoms with Gasteiger partial charge in [0.15, 0.2) is 0 Å². The minimum atomic E-state index is -0.540. The average Bonchev–Trinajstić information content (AvgIpc) is 3.23. The molecule has 1 aliphatic rings. The number of hydrogen-bond acceptors (Lipinski definition) is 4. The molecule has 3 aromatic rings. The van der Waals surface area contributed by atoms with Crippen LogP contribution in [0.25, 0.3) is 10.9 Å². The second-order valence-corrected chi connectivity index (χ2v) is 6.76. The molecule has 2 amide bonds. The fraction of sp³-hybridized carbons (Fsp3) is 0.227. The smallest absolute Gasteiger partial charge is 0.410 e. The number of para-hydroxylation sites is 1. The van der Waals surface area contributed by atoms with Gasteiger partial charge in [-0.1, -0.05) is 48.5 Å². The van der Waals surface area contributed by atoms with E-state index < -0.39 is 12.1 Å². The molecule has 0 unspecified atom stereocenters. The first-order chi connectivity index (χ1) is 13.7. The molecule has 1 atom stereocenters. The van der Waals surface area contributed by atoms with Crippen molar-refractivity contribution in [2.24, 2.45) is 0 Å². The zero-order valence-corrected chi connectivity index (χ0v) is 15.4. The molecular weight excluding hydrogens is 354 g/mol. The average molecular weight is 375 g/mol. The van der Waals surface area contributed by atoms with Crippen molar-refractivity contribution in [3.63, 3.8) is 0 Å². The monoisotopic (exact) mass is 375 g/mol. The number of anilines is 1. The Bertz CT molecular complexity index is 985. The maximum Gasteiger partial charge on any atom is 0.410 e. The number of fused-ring (bicyclic) bond motifs is 1. The summed E-state index contributed by atoms with van der Waals surface area (Å²) in [4.78, 5) is 31.2. The van der Waals surface area contributed by atoms with Gasteiger partial charge in [-0.05, 0) is 30.5 Å². The van der Waals surface area contributed by atoms with E-state index >= 15 is 0 Å². The van der Waals surface area contributed by atoms with E-state index in [9.17, 15) is 9.59 Å². The van der Waals surface area contributed by atoms with Gasteiger partial charge >= 0.3 is 6.09 Å². The third-order valence-corrected chi connectivity index (χ3v) is 4.89. The molecule has 6 nitrogen and oxygen atoms in total. The molecule has 2 aromatic carbocycles. The number of hydrogen-bond donors (Lipinski definition) is 1. The van der Waals surface area contributed by atoms with Crippen LogP contribution >= 0.6 is 0 Å². The number of amides is 2. The van der Waals surface area contributed by atoms with Crippen LogP contribution in [0.4, 0.5) is 10.5 Å². The molecule has 4 rings (SSSR count). The van der Waals surface area contributed by atoms with Gasteiger partial charge < -0.3 is 10.1 Å². The predicted molar refractivity (Wildman–Crippen MR) is 107 cm³/mol. The largest absolute Gasteiger partial charge is 0.445 e. The summed E-state index contributed by atoms with van der Waals surface area (Å²) in [6, 6.07) is 18.4. The van der Waals surface area contributed by atoms with E-state index in [1.54, 1.807) is 6.20 Å². The van der Waals surface area contributed by atoms with Gasteiger partial charge in [0, 0.05) is 18.1 Å². The Morgan fingerprint density at radius 3 is 2.75 bits per heavy atom. The molecular formula is C22H21N3O3. The van der Waals surface area contributed by atoms with Gasteiger partial charge in [0.25, 0.3) is 0 Å². The number of nitrogens with zero attached hydrogens (tertiary/aromatic N) is 2. The van der Waals surface area contributed by atoms with Crippen LogP contribution in [0.3, 0.4) is 0 Å². The van der Waals surface area contributed by atoms with Gasteiger partial charge in [-0.25, -0.2) is 4.79 Å². The highest BCUT2D eigenvalue weighted by molar-refractivity contribution is 6.03. The van der Waals surface area contributed by atoms with E-state index in [0.717, 1.165) is 22.9 Å². The number of rotatable bonds is 4. The van der Waals surface area contributed by atoms with E-state index in [1.807, 2.05) is 60.7 Å². The lowest BCUT2D eigenvalue weighted by Crippen LogP contribution is -2.43. The molecule has 0 saturated carbocycles. The Labute approximate surface area is 163 Å². The quantitative estimate of drug-likeness (QED) is 0.749. The number of aromatic nitrogens is 1. The van der Waals surface area contributed by atoms with Gasteiger partial charge in [-0.15, -0.1) is 0 Å². The maximum absolute atomic E-state index is 12.9. The second kappa shape index (κ2) is 8.08. The number of benzene rings is 2. The number of likely N-dealkylation sites (tertiary alicyclic amines) is 1. The van der Waals surface area contributed by atoms with Crippen LogP contribution in [0.2, 0.25) is 0 Å². The van der Waals surface area contributed by atoms with Crippen LogP contribution in [0, 0.1) is 0 Å². The van der Waals surface area contributed by atoms with Crippen LogP contribution in [-0.4, -0.2) is 34.5 Å². The number of carbonyl (C=O) groups excluding carboxylic acids is 2. The van der Waals surface area contributed by atoms with Crippen LogP contribution in [0.15, 0.2) is 66.9 Å². The van der Waals surface area contributed by atoms with Crippen molar-refractivity contribution in [3.05, 3.63) is 72.4 Å². The van der Waals surface area contributed by atoms with E-state index in [2.05, 4.69) is 10.3 Å². The van der Waals surface area contributed by atoms with E-state index in [-0.39, 0.29) is 12.5 Å². The number of carbonyl (C=O) groups is 2. The van der Waals surface area contributed by atoms with Crippen molar-refractivity contribution in [3.8, 4) is 0 Å². The highest BCUT2D eigenvalue weighted by Crippen LogP contribution is 2.24. The summed E-state index contributed by atoms with van der Waals surface area (Å²) in [5.41, 5.74) is 2.29. The lowest BCUT2D eigenvalue weighted by molar-refractivity contribution is -0.120. The van der Waals surface area contributed by atoms with Crippen molar-refractivity contribution in [2.75, 3.05) is 11.9 Å². The van der Waals surface area contributed by atoms with Gasteiger partial charge in [-0.3, -0.25) is 14.7 Å². The summed E-state index contributed by atoms with van der Waals surface area (Å²) in [6.07, 6.45) is 2.62. The molecule has 142 valence electrons. The van der Waals surface area contributed by atoms with Crippen molar-refractivity contribution >= 4 is 28.6 Å². The predicted octanol–water partition coefficient (Wildman–Crippen LogP) is 3.97. The number of pyridine rings is 1. The molecule has 28 heavy (non-hydrogen) atoms. The van der Waals surface area contributed by atoms with Crippen LogP contribution in [0.1, 0.15) is 18.4 Å². The zero-order valence-electron chi connectivity index (χ0n) is 15.4. The molecule has 2 heterocycles. The maximum atomic E-state index is 12.9. The molecule has 1 aromatic heterocycles. The first kappa shape index (κ1) is 18.0. The third kappa shape index (κ3) is 3.81. The Hall–Kier alpha value is -3.41. The zero-order chi connectivity index (χ0) is 19.3. The lowest BCUT2D eigenvalue weighted by atomic mass is 10.1. The Balaban J connectivity index is 1.43. The highest BCUT2D eigenvalue weighted by atomic mass is 16.6. The summed E-state index contributed by atoms with van der Waals surface area (Å²) in [5, 5.41) is 3.88. The summed E-state index contributed by atoms with van der Waals surface area (Å²) in [5.74, 6) is -0.215. The number of nitrogens with one attached hydrogen (secondary N) is 1. The van der Waals surface area contributed by atoms with E-state index in [4.69, 9.17) is 4.74 Å². The summed E-state index contributed by atoms with van der Waals surface area (Å²) < 4.78 is 5.41. The molecule has 1 aliphatic heterocycles. The fourth-order valence-electron chi connectivity index (χ4n) is 3.48. The lowest BCUT2D eigenvalue weighted by Gasteiger charge is -2.23. The van der Waals surface area contributed by atoms with Gasteiger partial charge in [-0.2, -0.15) is 0 Å². The first-order valence-corrected chi connectivity index (χ1v) is 9.34. The Morgan fingerprint density at radius 1 is 1.07 bits per heavy atom. The SMILES string of the molecule is O=C(Nc1cccc2cccnc12)[C@@H]1CCCN1C(=O)OCc1ccccc1. The van der Waals surface area contributed by atoms with Crippen molar-refractivity contribution in [1.82, 2.24) is 9.88 Å². The molecule has 0 radical (unpaired) electrons. The Morgan fingerprint density at radius 2 is 1.89 bits per heavy atom. The second-order valence-electron chi connectivity index (χ2n) is 6.76. The number of ether oxygens (including phenoxy) is 1. The highest BCUT2D eigenvalue weighted by Gasteiger charge is 2.35. The minimum absolute atomic E-state index is 0.192. The van der Waals surface area contributed by atoms with Gasteiger partial charge in [0.05, 0.1) is 11.2 Å². The molecule has 1 saturated heterocycles. The molecule has 6 heteroatoms. The molecule has 0 spiro atoms. The van der Waals surface area contributed by atoms with Crippen LogP contribution < -0.4 is 5.32 Å². The standard InChI is InChI=1S/C22H21N3O3/c26-21(24-18-11-4-9-17-10-5-13-23-20(17)18)19-12-6-14-25(19)22(27)28-15-16-7-2-1-3-8-16/h1-5,7-11,13,19H,6,12,14-15H2,(H,24,26)/t19-/m0/s1. The minimum Gasteiger partial charge on any atom is -0.445 e. The summed E-state index contributed by atoms with van der Waals surface area (Å²) in [6.45, 7) is 0.706. The van der Waals surface area contributed by atoms with Crippen molar-refractivity contribution in [1.29, 1.82) is 0 Å². The normalized spacial score (nSPS) is 16.1. The first-order valence-electron chi connectivity index (χ1n) is 9.34. The van der Waals surface area contributed by atoms with Gasteiger partial charge in [0.2, 0.25) is 5.91 Å². The van der Waals surface area contributed by atoms with E-state index in [1.165, 1.54) is 4.90 Å². The molecule has 1 N–H and O–H groups in total. The topological polar surface area (TPSA) is 71.5 Å². The Kier molecular flexibility index (Phi) is 5.19. The van der Waals surface area contributed by atoms with Crippen LogP contribution in [0.5, 0.6) is 0 Å². The molecule has 0 aliphatic carbocycles. The third-order valence-electron chi connectivity index (χ3n) is 4.89. The summed E-state index contributed by atoms with van der Waals surface area (Å²) >= 11 is 0. The van der Waals surface area contributed by atoms with Crippen molar-refractivity contribution < 1.29 is 14.3 Å². The molecule has 1 fully saturated rings. The van der Waals surface area contributed by atoms with Crippen LogP contribution in [-0.2, 0) is 16.1 Å². The van der Waals surface area contributed by atoms with Crippen molar-refractivity contribution in [2.45, 2.75) is 25.5 Å². The molecule has 0 bridgehead atoms. The van der Waals surface area contributed by atoms with E-state index in [0.29, 0.717) is 18.7 Å². The fourth-order valence-corrected chi connectivity index (χ4v) is 3.48.